The van der Waals surface area contributed by atoms with Crippen molar-refractivity contribution < 1.29 is 4.74 Å². The van der Waals surface area contributed by atoms with E-state index in [1.807, 2.05) is 0 Å². The van der Waals surface area contributed by atoms with E-state index in [1.54, 1.807) is 0 Å². The monoisotopic (exact) mass is 474 g/mol. The normalized spacial score (nSPS) is 21.3. The van der Waals surface area contributed by atoms with Crippen molar-refractivity contribution in [3.63, 3.8) is 0 Å². The molecule has 148 valence electrons. The molecular formula is C20H35IN4O. The van der Waals surface area contributed by atoms with E-state index < -0.39 is 0 Å². The Morgan fingerprint density at radius 1 is 1.31 bits per heavy atom. The molecule has 1 heterocycles. The van der Waals surface area contributed by atoms with Gasteiger partial charge in [0.15, 0.2) is 5.96 Å². The molecule has 2 rings (SSSR count). The van der Waals surface area contributed by atoms with E-state index in [1.165, 1.54) is 5.56 Å². The Morgan fingerprint density at radius 3 is 2.65 bits per heavy atom. The van der Waals surface area contributed by atoms with Gasteiger partial charge < -0.3 is 15.4 Å². The van der Waals surface area contributed by atoms with Gasteiger partial charge in [-0.15, -0.1) is 24.0 Å². The van der Waals surface area contributed by atoms with E-state index in [2.05, 4.69) is 73.7 Å². The van der Waals surface area contributed by atoms with Crippen LogP contribution in [0.1, 0.15) is 39.2 Å². The topological polar surface area (TPSA) is 48.9 Å². The van der Waals surface area contributed by atoms with E-state index in [4.69, 9.17) is 9.73 Å². The number of aliphatic imine (C=N–C) groups is 1. The number of benzene rings is 1. The first-order valence-electron chi connectivity index (χ1n) is 9.43. The second-order valence-corrected chi connectivity index (χ2v) is 7.23. The van der Waals surface area contributed by atoms with Crippen LogP contribution < -0.4 is 10.6 Å². The van der Waals surface area contributed by atoms with Crippen molar-refractivity contribution in [3.8, 4) is 0 Å². The van der Waals surface area contributed by atoms with Crippen LogP contribution in [-0.2, 0) is 11.3 Å². The van der Waals surface area contributed by atoms with Crippen molar-refractivity contribution in [2.24, 2.45) is 4.99 Å². The van der Waals surface area contributed by atoms with Gasteiger partial charge in [0.1, 0.15) is 0 Å². The minimum atomic E-state index is -0.0991. The summed E-state index contributed by atoms with van der Waals surface area (Å²) in [7, 11) is 2.16. The summed E-state index contributed by atoms with van der Waals surface area (Å²) in [6.45, 7) is 10.7. The fourth-order valence-electron chi connectivity index (χ4n) is 2.98. The Labute approximate surface area is 176 Å². The van der Waals surface area contributed by atoms with Crippen LogP contribution in [0.3, 0.4) is 0 Å². The molecule has 0 saturated carbocycles. The van der Waals surface area contributed by atoms with Crippen LogP contribution in [0.5, 0.6) is 0 Å². The lowest BCUT2D eigenvalue weighted by Gasteiger charge is -2.26. The molecule has 0 bridgehead atoms. The zero-order valence-corrected chi connectivity index (χ0v) is 19.0. The van der Waals surface area contributed by atoms with Crippen LogP contribution in [0.4, 0.5) is 0 Å². The second-order valence-electron chi connectivity index (χ2n) is 7.23. The number of ether oxygens (including phenoxy) is 1. The van der Waals surface area contributed by atoms with E-state index in [0.29, 0.717) is 12.6 Å². The number of rotatable bonds is 8. The SMILES string of the molecule is CCNC(=NCC1(C)CCCO1)NCC(C)N(C)Cc1ccccc1.I. The van der Waals surface area contributed by atoms with Crippen LogP contribution in [0.25, 0.3) is 0 Å². The molecular weight excluding hydrogens is 439 g/mol. The molecule has 5 nitrogen and oxygen atoms in total. The minimum Gasteiger partial charge on any atom is -0.373 e. The highest BCUT2D eigenvalue weighted by molar-refractivity contribution is 14.0. The van der Waals surface area contributed by atoms with Crippen LogP contribution in [0.15, 0.2) is 35.3 Å². The number of halogens is 1. The van der Waals surface area contributed by atoms with E-state index in [0.717, 1.165) is 45.0 Å². The molecule has 2 N–H and O–H groups in total. The Kier molecular flexibility index (Phi) is 10.5. The molecule has 2 atom stereocenters. The average molecular weight is 474 g/mol. The maximum atomic E-state index is 5.83. The zero-order valence-electron chi connectivity index (χ0n) is 16.6. The molecule has 1 fully saturated rings. The lowest BCUT2D eigenvalue weighted by atomic mass is 10.0. The minimum absolute atomic E-state index is 0. The van der Waals surface area contributed by atoms with Crippen molar-refractivity contribution in [2.45, 2.75) is 51.8 Å². The predicted octanol–water partition coefficient (Wildman–Crippen LogP) is 3.25. The number of nitrogens with one attached hydrogen (secondary N) is 2. The molecule has 0 spiro atoms. The molecule has 0 aliphatic carbocycles. The number of hydrogen-bond donors (Lipinski definition) is 2. The number of hydrogen-bond acceptors (Lipinski definition) is 3. The standard InChI is InChI=1S/C20H34N4O.HI/c1-5-21-19(23-16-20(3)12-9-13-25-20)22-14-17(2)24(4)15-18-10-7-6-8-11-18;/h6-8,10-11,17H,5,9,12-16H2,1-4H3,(H2,21,22,23);1H. The van der Waals surface area contributed by atoms with E-state index in [9.17, 15) is 0 Å². The summed E-state index contributed by atoms with van der Waals surface area (Å²) >= 11 is 0. The average Bonchev–Trinajstić information content (AvgIpc) is 3.05. The van der Waals surface area contributed by atoms with Gasteiger partial charge in [-0.2, -0.15) is 0 Å². The van der Waals surface area contributed by atoms with Crippen molar-refractivity contribution in [1.82, 2.24) is 15.5 Å². The van der Waals surface area contributed by atoms with Gasteiger partial charge in [0, 0.05) is 32.3 Å². The van der Waals surface area contributed by atoms with Crippen LogP contribution >= 0.6 is 24.0 Å². The van der Waals surface area contributed by atoms with Gasteiger partial charge in [-0.05, 0) is 46.2 Å². The smallest absolute Gasteiger partial charge is 0.191 e. The summed E-state index contributed by atoms with van der Waals surface area (Å²) in [5.41, 5.74) is 1.24. The van der Waals surface area contributed by atoms with Crippen LogP contribution in [-0.4, -0.2) is 55.8 Å². The quantitative estimate of drug-likeness (QED) is 0.345. The van der Waals surface area contributed by atoms with Crippen LogP contribution in [0, 0.1) is 0 Å². The van der Waals surface area contributed by atoms with Gasteiger partial charge >= 0.3 is 0 Å². The van der Waals surface area contributed by atoms with Gasteiger partial charge in [-0.1, -0.05) is 30.3 Å². The summed E-state index contributed by atoms with van der Waals surface area (Å²) < 4.78 is 5.83. The lowest BCUT2D eigenvalue weighted by molar-refractivity contribution is 0.0283. The van der Waals surface area contributed by atoms with Crippen molar-refractivity contribution >= 4 is 29.9 Å². The fraction of sp³-hybridized carbons (Fsp3) is 0.650. The van der Waals surface area contributed by atoms with Gasteiger partial charge in [-0.25, -0.2) is 0 Å². The molecule has 2 unspecified atom stereocenters. The maximum Gasteiger partial charge on any atom is 0.191 e. The first-order chi connectivity index (χ1) is 12.0. The Balaban J connectivity index is 0.00000338. The molecule has 1 aromatic rings. The van der Waals surface area contributed by atoms with Crippen LogP contribution in [0.2, 0.25) is 0 Å². The Morgan fingerprint density at radius 2 is 2.04 bits per heavy atom. The third-order valence-electron chi connectivity index (χ3n) is 4.81. The predicted molar refractivity (Wildman–Crippen MR) is 120 cm³/mol. The van der Waals surface area contributed by atoms with Crippen molar-refractivity contribution in [3.05, 3.63) is 35.9 Å². The number of likely N-dealkylation sites (N-methyl/N-ethyl adjacent to an activating group) is 1. The molecule has 0 radical (unpaired) electrons. The summed E-state index contributed by atoms with van der Waals surface area (Å²) in [6, 6.07) is 11.0. The van der Waals surface area contributed by atoms with E-state index in [-0.39, 0.29) is 29.6 Å². The lowest BCUT2D eigenvalue weighted by Crippen LogP contribution is -2.45. The summed E-state index contributed by atoms with van der Waals surface area (Å²) in [5, 5.41) is 6.80. The third-order valence-corrected chi connectivity index (χ3v) is 4.81. The molecule has 1 aliphatic rings. The van der Waals surface area contributed by atoms with Gasteiger partial charge in [0.05, 0.1) is 12.1 Å². The molecule has 6 heteroatoms. The van der Waals surface area contributed by atoms with Gasteiger partial charge in [0.25, 0.3) is 0 Å². The van der Waals surface area contributed by atoms with Gasteiger partial charge in [-0.3, -0.25) is 9.89 Å². The highest BCUT2D eigenvalue weighted by Gasteiger charge is 2.29. The largest absolute Gasteiger partial charge is 0.373 e. The number of guanidine groups is 1. The molecule has 0 aromatic heterocycles. The summed E-state index contributed by atoms with van der Waals surface area (Å²) in [4.78, 5) is 7.09. The Hall–Kier alpha value is -0.860. The molecule has 1 saturated heterocycles. The first kappa shape index (κ1) is 23.2. The fourth-order valence-corrected chi connectivity index (χ4v) is 2.98. The molecule has 0 amide bonds. The molecule has 1 aliphatic heterocycles. The second kappa shape index (κ2) is 11.8. The number of nitrogens with zero attached hydrogens (tertiary/aromatic N) is 2. The third kappa shape index (κ3) is 7.80. The molecule has 1 aromatic carbocycles. The zero-order chi connectivity index (χ0) is 18.1. The summed E-state index contributed by atoms with van der Waals surface area (Å²) in [5.74, 6) is 0.874. The van der Waals surface area contributed by atoms with Crippen molar-refractivity contribution in [2.75, 3.05) is 33.3 Å². The first-order valence-corrected chi connectivity index (χ1v) is 9.43. The molecule has 26 heavy (non-hydrogen) atoms. The van der Waals surface area contributed by atoms with E-state index >= 15 is 0 Å². The highest BCUT2D eigenvalue weighted by Crippen LogP contribution is 2.24. The van der Waals surface area contributed by atoms with Gasteiger partial charge in [0.2, 0.25) is 0 Å². The Bertz CT molecular complexity index is 532. The summed E-state index contributed by atoms with van der Waals surface area (Å²) in [6.07, 6.45) is 2.23. The highest BCUT2D eigenvalue weighted by atomic mass is 127. The van der Waals surface area contributed by atoms with Crippen molar-refractivity contribution in [1.29, 1.82) is 0 Å². The maximum absolute atomic E-state index is 5.83.